The fraction of sp³-hybridized carbons (Fsp3) is 0.500. The Kier molecular flexibility index (Phi) is 7.32. The lowest BCUT2D eigenvalue weighted by Gasteiger charge is -2.22. The van der Waals surface area contributed by atoms with E-state index in [0.29, 0.717) is 24.7 Å². The number of benzene rings is 1. The molecule has 1 aliphatic rings. The number of nitrogens with one attached hydrogen (secondary N) is 1. The average Bonchev–Trinajstić information content (AvgIpc) is 3.10. The van der Waals surface area contributed by atoms with E-state index >= 15 is 0 Å². The third-order valence-corrected chi connectivity index (χ3v) is 5.19. The summed E-state index contributed by atoms with van der Waals surface area (Å²) in [5.41, 5.74) is 0.858. The normalized spacial score (nSPS) is 17.6. The minimum Gasteiger partial charge on any atom is -0.494 e. The maximum atomic E-state index is 12.3. The summed E-state index contributed by atoms with van der Waals surface area (Å²) >= 11 is 1.51. The number of rotatable bonds is 8. The first-order chi connectivity index (χ1) is 12.4. The molecule has 0 spiro atoms. The van der Waals surface area contributed by atoms with E-state index in [0.717, 1.165) is 11.3 Å². The molecule has 1 heterocycles. The molecule has 1 aromatic rings. The van der Waals surface area contributed by atoms with Gasteiger partial charge in [-0.25, -0.2) is 0 Å². The zero-order chi connectivity index (χ0) is 19.1. The first-order valence-electron chi connectivity index (χ1n) is 8.49. The molecule has 7 nitrogen and oxygen atoms in total. The van der Waals surface area contributed by atoms with E-state index in [-0.39, 0.29) is 18.4 Å². The van der Waals surface area contributed by atoms with E-state index in [1.165, 1.54) is 23.6 Å². The molecule has 0 aromatic heterocycles. The lowest BCUT2D eigenvalue weighted by atomic mass is 9.99. The third kappa shape index (κ3) is 5.39. The SMILES string of the molecule is CCOc1ccc(CC(CNC(=O)C2CSCN2C(C)=O)C(=O)O)cc1. The molecular weight excluding hydrogens is 356 g/mol. The lowest BCUT2D eigenvalue weighted by molar-refractivity contribution is -0.142. The number of amides is 2. The van der Waals surface area contributed by atoms with Crippen LogP contribution in [0.15, 0.2) is 24.3 Å². The minimum absolute atomic E-state index is 0.0221. The van der Waals surface area contributed by atoms with E-state index < -0.39 is 17.9 Å². The van der Waals surface area contributed by atoms with Crippen molar-refractivity contribution in [2.75, 3.05) is 24.8 Å². The molecule has 2 rings (SSSR count). The number of aliphatic carboxylic acids is 1. The predicted molar refractivity (Wildman–Crippen MR) is 99.1 cm³/mol. The van der Waals surface area contributed by atoms with Gasteiger partial charge in [0.2, 0.25) is 11.8 Å². The van der Waals surface area contributed by atoms with Gasteiger partial charge in [0.25, 0.3) is 0 Å². The van der Waals surface area contributed by atoms with Crippen LogP contribution in [0.2, 0.25) is 0 Å². The number of carboxylic acids is 1. The van der Waals surface area contributed by atoms with Crippen molar-refractivity contribution in [1.29, 1.82) is 0 Å². The van der Waals surface area contributed by atoms with E-state index in [2.05, 4.69) is 5.32 Å². The first-order valence-corrected chi connectivity index (χ1v) is 9.65. The molecular formula is C18H24N2O5S. The highest BCUT2D eigenvalue weighted by atomic mass is 32.2. The Bertz CT molecular complexity index is 649. The van der Waals surface area contributed by atoms with Crippen LogP contribution in [-0.2, 0) is 20.8 Å². The number of carbonyl (C=O) groups is 3. The van der Waals surface area contributed by atoms with E-state index in [9.17, 15) is 19.5 Å². The molecule has 1 aromatic carbocycles. The monoisotopic (exact) mass is 380 g/mol. The summed E-state index contributed by atoms with van der Waals surface area (Å²) in [7, 11) is 0. The molecule has 1 fully saturated rings. The third-order valence-electron chi connectivity index (χ3n) is 4.18. The van der Waals surface area contributed by atoms with Crippen molar-refractivity contribution in [1.82, 2.24) is 10.2 Å². The molecule has 0 bridgehead atoms. The van der Waals surface area contributed by atoms with Crippen molar-refractivity contribution in [3.8, 4) is 5.75 Å². The van der Waals surface area contributed by atoms with Crippen LogP contribution in [-0.4, -0.2) is 58.6 Å². The molecule has 0 radical (unpaired) electrons. The smallest absolute Gasteiger partial charge is 0.308 e. The van der Waals surface area contributed by atoms with Crippen LogP contribution in [0.3, 0.4) is 0 Å². The molecule has 2 unspecified atom stereocenters. The lowest BCUT2D eigenvalue weighted by Crippen LogP contribution is -2.48. The summed E-state index contributed by atoms with van der Waals surface area (Å²) in [6, 6.07) is 6.73. The maximum absolute atomic E-state index is 12.3. The Hall–Kier alpha value is -2.22. The van der Waals surface area contributed by atoms with Gasteiger partial charge in [-0.1, -0.05) is 12.1 Å². The van der Waals surface area contributed by atoms with Crippen molar-refractivity contribution in [2.24, 2.45) is 5.92 Å². The number of ether oxygens (including phenoxy) is 1. The quantitative estimate of drug-likeness (QED) is 0.707. The molecule has 2 amide bonds. The standard InChI is InChI=1S/C18H24N2O5S/c1-3-25-15-6-4-13(5-7-15)8-14(18(23)24)9-19-17(22)16-10-26-11-20(16)12(2)21/h4-7,14,16H,3,8-11H2,1-2H3,(H,19,22)(H,23,24). The van der Waals surface area contributed by atoms with Crippen LogP contribution in [0.25, 0.3) is 0 Å². The Balaban J connectivity index is 1.92. The van der Waals surface area contributed by atoms with Crippen molar-refractivity contribution < 1.29 is 24.2 Å². The van der Waals surface area contributed by atoms with Gasteiger partial charge in [-0.3, -0.25) is 14.4 Å². The van der Waals surface area contributed by atoms with Gasteiger partial charge in [0.05, 0.1) is 18.4 Å². The fourth-order valence-corrected chi connectivity index (χ4v) is 3.95. The zero-order valence-electron chi connectivity index (χ0n) is 14.9. The van der Waals surface area contributed by atoms with Gasteiger partial charge < -0.3 is 20.1 Å². The van der Waals surface area contributed by atoms with Crippen molar-refractivity contribution in [3.63, 3.8) is 0 Å². The molecule has 2 N–H and O–H groups in total. The molecule has 142 valence electrons. The van der Waals surface area contributed by atoms with Gasteiger partial charge in [0, 0.05) is 19.2 Å². The van der Waals surface area contributed by atoms with E-state index in [1.54, 1.807) is 12.1 Å². The van der Waals surface area contributed by atoms with Crippen molar-refractivity contribution >= 4 is 29.5 Å². The zero-order valence-corrected chi connectivity index (χ0v) is 15.8. The van der Waals surface area contributed by atoms with Gasteiger partial charge >= 0.3 is 5.97 Å². The summed E-state index contributed by atoms with van der Waals surface area (Å²) in [4.78, 5) is 36.9. The van der Waals surface area contributed by atoms with Crippen molar-refractivity contribution in [3.05, 3.63) is 29.8 Å². The van der Waals surface area contributed by atoms with Crippen LogP contribution in [0, 0.1) is 5.92 Å². The topological polar surface area (TPSA) is 95.9 Å². The summed E-state index contributed by atoms with van der Waals surface area (Å²) in [6.45, 7) is 3.92. The molecule has 0 aliphatic carbocycles. The van der Waals surface area contributed by atoms with Gasteiger partial charge in [0.15, 0.2) is 0 Å². The highest BCUT2D eigenvalue weighted by molar-refractivity contribution is 7.99. The van der Waals surface area contributed by atoms with Crippen LogP contribution in [0.4, 0.5) is 0 Å². The molecule has 0 saturated carbocycles. The minimum atomic E-state index is -0.969. The summed E-state index contributed by atoms with van der Waals surface area (Å²) < 4.78 is 5.37. The van der Waals surface area contributed by atoms with E-state index in [4.69, 9.17) is 4.74 Å². The second-order valence-electron chi connectivity index (χ2n) is 6.07. The molecule has 2 atom stereocenters. The predicted octanol–water partition coefficient (Wildman–Crippen LogP) is 1.37. The number of thioether (sulfide) groups is 1. The van der Waals surface area contributed by atoms with Gasteiger partial charge in [-0.2, -0.15) is 0 Å². The Morgan fingerprint density at radius 2 is 2.04 bits per heavy atom. The van der Waals surface area contributed by atoms with Crippen molar-refractivity contribution in [2.45, 2.75) is 26.3 Å². The summed E-state index contributed by atoms with van der Waals surface area (Å²) in [5.74, 6) is -0.411. The maximum Gasteiger partial charge on any atom is 0.308 e. The van der Waals surface area contributed by atoms with Crippen LogP contribution in [0.5, 0.6) is 5.75 Å². The Morgan fingerprint density at radius 1 is 1.35 bits per heavy atom. The summed E-state index contributed by atoms with van der Waals surface area (Å²) in [6.07, 6.45) is 0.303. The molecule has 1 aliphatic heterocycles. The van der Waals surface area contributed by atoms with Crippen LogP contribution < -0.4 is 10.1 Å². The van der Waals surface area contributed by atoms with Crippen LogP contribution in [0.1, 0.15) is 19.4 Å². The Labute approximate surface area is 157 Å². The molecule has 26 heavy (non-hydrogen) atoms. The summed E-state index contributed by atoms with van der Waals surface area (Å²) in [5, 5.41) is 12.1. The number of carboxylic acid groups (broad SMARTS) is 1. The highest BCUT2D eigenvalue weighted by Crippen LogP contribution is 2.21. The second-order valence-corrected chi connectivity index (χ2v) is 7.07. The number of hydrogen-bond donors (Lipinski definition) is 2. The second kappa shape index (κ2) is 9.47. The first kappa shape index (κ1) is 20.1. The number of carbonyl (C=O) groups excluding carboxylic acids is 2. The van der Waals surface area contributed by atoms with Gasteiger partial charge in [0.1, 0.15) is 11.8 Å². The highest BCUT2D eigenvalue weighted by Gasteiger charge is 2.33. The van der Waals surface area contributed by atoms with E-state index in [1.807, 2.05) is 19.1 Å². The van der Waals surface area contributed by atoms with Gasteiger partial charge in [-0.15, -0.1) is 11.8 Å². The largest absolute Gasteiger partial charge is 0.494 e. The average molecular weight is 380 g/mol. The van der Waals surface area contributed by atoms with Crippen LogP contribution >= 0.6 is 11.8 Å². The molecule has 1 saturated heterocycles. The van der Waals surface area contributed by atoms with Gasteiger partial charge in [-0.05, 0) is 31.0 Å². The number of nitrogens with zero attached hydrogens (tertiary/aromatic N) is 1. The fourth-order valence-electron chi connectivity index (χ4n) is 2.73. The Morgan fingerprint density at radius 3 is 2.62 bits per heavy atom. The number of hydrogen-bond acceptors (Lipinski definition) is 5. The molecule has 8 heteroatoms.